The Labute approximate surface area is 113 Å². The summed E-state index contributed by atoms with van der Waals surface area (Å²) in [6.07, 6.45) is 6.51. The first-order valence-electron chi connectivity index (χ1n) is 7.00. The summed E-state index contributed by atoms with van der Waals surface area (Å²) in [6, 6.07) is 9.37. The van der Waals surface area contributed by atoms with Crippen molar-refractivity contribution in [2.45, 2.75) is 37.8 Å². The SMILES string of the molecule is CNC1CCC(Nc2ncnc3ccccc23)CC1. The van der Waals surface area contributed by atoms with E-state index in [1.165, 1.54) is 25.7 Å². The maximum absolute atomic E-state index is 4.40. The summed E-state index contributed by atoms with van der Waals surface area (Å²) < 4.78 is 0. The summed E-state index contributed by atoms with van der Waals surface area (Å²) in [7, 11) is 2.05. The molecule has 1 fully saturated rings. The van der Waals surface area contributed by atoms with Gasteiger partial charge in [0.25, 0.3) is 0 Å². The number of para-hydroxylation sites is 1. The lowest BCUT2D eigenvalue weighted by atomic mass is 9.91. The van der Waals surface area contributed by atoms with Crippen LogP contribution in [0.1, 0.15) is 25.7 Å². The third-order valence-electron chi connectivity index (χ3n) is 4.02. The maximum atomic E-state index is 4.40. The van der Waals surface area contributed by atoms with Crippen molar-refractivity contribution in [3.8, 4) is 0 Å². The molecule has 0 spiro atoms. The summed E-state index contributed by atoms with van der Waals surface area (Å²) in [5.74, 6) is 0.971. The molecule has 19 heavy (non-hydrogen) atoms. The third-order valence-corrected chi connectivity index (χ3v) is 4.02. The minimum atomic E-state index is 0.530. The predicted molar refractivity (Wildman–Crippen MR) is 78.3 cm³/mol. The fourth-order valence-electron chi connectivity index (χ4n) is 2.84. The number of rotatable bonds is 3. The smallest absolute Gasteiger partial charge is 0.137 e. The first-order valence-corrected chi connectivity index (χ1v) is 7.00. The Morgan fingerprint density at radius 2 is 1.74 bits per heavy atom. The number of nitrogens with one attached hydrogen (secondary N) is 2. The monoisotopic (exact) mass is 256 g/mol. The maximum Gasteiger partial charge on any atom is 0.137 e. The van der Waals surface area contributed by atoms with Gasteiger partial charge in [-0.15, -0.1) is 0 Å². The minimum Gasteiger partial charge on any atom is -0.367 e. The van der Waals surface area contributed by atoms with E-state index in [0.717, 1.165) is 16.7 Å². The van der Waals surface area contributed by atoms with Gasteiger partial charge < -0.3 is 10.6 Å². The number of hydrogen-bond donors (Lipinski definition) is 2. The molecule has 0 aliphatic heterocycles. The third kappa shape index (κ3) is 2.68. The Kier molecular flexibility index (Phi) is 3.60. The largest absolute Gasteiger partial charge is 0.367 e. The van der Waals surface area contributed by atoms with Crippen LogP contribution in [0.3, 0.4) is 0 Å². The van der Waals surface area contributed by atoms with Crippen LogP contribution in [0.25, 0.3) is 10.9 Å². The zero-order valence-electron chi connectivity index (χ0n) is 11.3. The molecule has 3 rings (SSSR count). The van der Waals surface area contributed by atoms with Crippen molar-refractivity contribution in [3.05, 3.63) is 30.6 Å². The second-order valence-corrected chi connectivity index (χ2v) is 5.22. The first kappa shape index (κ1) is 12.4. The van der Waals surface area contributed by atoms with Crippen LogP contribution in [-0.2, 0) is 0 Å². The van der Waals surface area contributed by atoms with E-state index >= 15 is 0 Å². The molecule has 0 unspecified atom stereocenters. The highest BCUT2D eigenvalue weighted by Crippen LogP contribution is 2.24. The van der Waals surface area contributed by atoms with Crippen LogP contribution < -0.4 is 10.6 Å². The average molecular weight is 256 g/mol. The van der Waals surface area contributed by atoms with E-state index in [-0.39, 0.29) is 0 Å². The summed E-state index contributed by atoms with van der Waals surface area (Å²) in [5, 5.41) is 8.07. The summed E-state index contributed by atoms with van der Waals surface area (Å²) >= 11 is 0. The Bertz CT molecular complexity index is 541. The van der Waals surface area contributed by atoms with Gasteiger partial charge in [0.05, 0.1) is 5.52 Å². The van der Waals surface area contributed by atoms with Crippen LogP contribution in [-0.4, -0.2) is 29.1 Å². The van der Waals surface area contributed by atoms with Gasteiger partial charge in [0.2, 0.25) is 0 Å². The van der Waals surface area contributed by atoms with E-state index in [9.17, 15) is 0 Å². The average Bonchev–Trinajstić information content (AvgIpc) is 2.48. The molecule has 2 aromatic rings. The Morgan fingerprint density at radius 1 is 1.00 bits per heavy atom. The van der Waals surface area contributed by atoms with Crippen LogP contribution in [0, 0.1) is 0 Å². The van der Waals surface area contributed by atoms with Crippen molar-refractivity contribution in [2.24, 2.45) is 0 Å². The van der Waals surface area contributed by atoms with Gasteiger partial charge in [-0.1, -0.05) is 12.1 Å². The van der Waals surface area contributed by atoms with Gasteiger partial charge in [-0.3, -0.25) is 0 Å². The standard InChI is InChI=1S/C15H20N4/c1-16-11-6-8-12(9-7-11)19-15-13-4-2-3-5-14(13)17-10-18-15/h2-5,10-12,16H,6-9H2,1H3,(H,17,18,19). The van der Waals surface area contributed by atoms with Gasteiger partial charge in [0.1, 0.15) is 12.1 Å². The predicted octanol–water partition coefficient (Wildman–Crippen LogP) is 2.57. The van der Waals surface area contributed by atoms with Crippen molar-refractivity contribution >= 4 is 16.7 Å². The molecule has 4 nitrogen and oxygen atoms in total. The van der Waals surface area contributed by atoms with Crippen molar-refractivity contribution < 1.29 is 0 Å². The van der Waals surface area contributed by atoms with Crippen LogP contribution in [0.2, 0.25) is 0 Å². The van der Waals surface area contributed by atoms with Gasteiger partial charge in [-0.25, -0.2) is 9.97 Å². The highest BCUT2D eigenvalue weighted by Gasteiger charge is 2.20. The highest BCUT2D eigenvalue weighted by molar-refractivity contribution is 5.88. The van der Waals surface area contributed by atoms with Crippen LogP contribution in [0.4, 0.5) is 5.82 Å². The number of aromatic nitrogens is 2. The molecule has 0 atom stereocenters. The summed E-state index contributed by atoms with van der Waals surface area (Å²) in [6.45, 7) is 0. The molecule has 1 saturated carbocycles. The molecule has 4 heteroatoms. The zero-order chi connectivity index (χ0) is 13.1. The van der Waals surface area contributed by atoms with Gasteiger partial charge in [-0.2, -0.15) is 0 Å². The number of benzene rings is 1. The van der Waals surface area contributed by atoms with E-state index in [0.29, 0.717) is 12.1 Å². The van der Waals surface area contributed by atoms with E-state index < -0.39 is 0 Å². The lowest BCUT2D eigenvalue weighted by Crippen LogP contribution is -2.35. The van der Waals surface area contributed by atoms with E-state index in [1.807, 2.05) is 18.2 Å². The molecule has 1 aliphatic carbocycles. The molecule has 1 aliphatic rings. The Balaban J connectivity index is 1.75. The van der Waals surface area contributed by atoms with E-state index in [2.05, 4.69) is 33.7 Å². The van der Waals surface area contributed by atoms with Crippen LogP contribution >= 0.6 is 0 Å². The molecule has 2 N–H and O–H groups in total. The minimum absolute atomic E-state index is 0.530. The molecule has 0 saturated heterocycles. The van der Waals surface area contributed by atoms with E-state index in [4.69, 9.17) is 0 Å². The van der Waals surface area contributed by atoms with Crippen molar-refractivity contribution in [1.29, 1.82) is 0 Å². The quantitative estimate of drug-likeness (QED) is 0.886. The highest BCUT2D eigenvalue weighted by atomic mass is 15.0. The summed E-state index contributed by atoms with van der Waals surface area (Å²) in [5.41, 5.74) is 1.00. The molecule has 0 radical (unpaired) electrons. The molecule has 1 heterocycles. The van der Waals surface area contributed by atoms with Gasteiger partial charge in [0.15, 0.2) is 0 Å². The number of fused-ring (bicyclic) bond motifs is 1. The molecule has 1 aromatic heterocycles. The van der Waals surface area contributed by atoms with Crippen molar-refractivity contribution in [1.82, 2.24) is 15.3 Å². The van der Waals surface area contributed by atoms with Gasteiger partial charge in [-0.05, 0) is 44.9 Å². The topological polar surface area (TPSA) is 49.8 Å². The first-order chi connectivity index (χ1) is 9.36. The zero-order valence-corrected chi connectivity index (χ0v) is 11.3. The number of anilines is 1. The van der Waals surface area contributed by atoms with Gasteiger partial charge >= 0.3 is 0 Å². The molecule has 100 valence electrons. The Hall–Kier alpha value is -1.68. The van der Waals surface area contributed by atoms with Crippen molar-refractivity contribution in [3.63, 3.8) is 0 Å². The molecule has 0 bridgehead atoms. The summed E-state index contributed by atoms with van der Waals surface area (Å²) in [4.78, 5) is 8.70. The number of nitrogens with zero attached hydrogens (tertiary/aromatic N) is 2. The normalized spacial score (nSPS) is 23.4. The lowest BCUT2D eigenvalue weighted by molar-refractivity contribution is 0.371. The van der Waals surface area contributed by atoms with Gasteiger partial charge in [0, 0.05) is 17.5 Å². The molecule has 0 amide bonds. The molecule has 1 aromatic carbocycles. The molecular formula is C15H20N4. The van der Waals surface area contributed by atoms with Crippen molar-refractivity contribution in [2.75, 3.05) is 12.4 Å². The van der Waals surface area contributed by atoms with Crippen LogP contribution in [0.15, 0.2) is 30.6 Å². The number of hydrogen-bond acceptors (Lipinski definition) is 4. The second kappa shape index (κ2) is 5.53. The Morgan fingerprint density at radius 3 is 2.53 bits per heavy atom. The molecular weight excluding hydrogens is 236 g/mol. The van der Waals surface area contributed by atoms with Crippen LogP contribution in [0.5, 0.6) is 0 Å². The van der Waals surface area contributed by atoms with E-state index in [1.54, 1.807) is 6.33 Å². The second-order valence-electron chi connectivity index (χ2n) is 5.22. The fourth-order valence-corrected chi connectivity index (χ4v) is 2.84. The lowest BCUT2D eigenvalue weighted by Gasteiger charge is -2.29. The fraction of sp³-hybridized carbons (Fsp3) is 0.467.